The Kier molecular flexibility index (Phi) is 5.39. The van der Waals surface area contributed by atoms with Crippen molar-refractivity contribution in [1.82, 2.24) is 4.98 Å². The average molecular weight is 472 g/mol. The third-order valence-electron chi connectivity index (χ3n) is 4.19. The van der Waals surface area contributed by atoms with E-state index in [1.807, 2.05) is 41.9 Å². The molecule has 4 rings (SSSR count). The van der Waals surface area contributed by atoms with Crippen LogP contribution in [0.3, 0.4) is 0 Å². The Bertz CT molecular complexity index is 1170. The third kappa shape index (κ3) is 3.78. The van der Waals surface area contributed by atoms with E-state index in [0.717, 1.165) is 20.4 Å². The number of carbonyl (C=O) groups excluding carboxylic acids is 2. The van der Waals surface area contributed by atoms with Crippen LogP contribution in [0, 0.1) is 6.92 Å². The number of ketones is 1. The largest absolute Gasteiger partial charge is 0.454 e. The van der Waals surface area contributed by atoms with E-state index in [4.69, 9.17) is 9.72 Å². The van der Waals surface area contributed by atoms with Gasteiger partial charge >= 0.3 is 5.97 Å². The minimum Gasteiger partial charge on any atom is -0.454 e. The molecular formula is C21H14BrNO3S2. The summed E-state index contributed by atoms with van der Waals surface area (Å²) in [6.45, 7) is 1.66. The first kappa shape index (κ1) is 19.0. The minimum atomic E-state index is -0.535. The van der Waals surface area contributed by atoms with Crippen molar-refractivity contribution >= 4 is 61.3 Å². The summed E-state index contributed by atoms with van der Waals surface area (Å²) in [7, 11) is 0. The summed E-state index contributed by atoms with van der Waals surface area (Å²) in [5.41, 5.74) is 2.80. The summed E-state index contributed by atoms with van der Waals surface area (Å²) in [4.78, 5) is 31.3. The molecule has 140 valence electrons. The van der Waals surface area contributed by atoms with Crippen LogP contribution in [-0.2, 0) is 4.74 Å². The Morgan fingerprint density at radius 1 is 1.11 bits per heavy atom. The number of benzene rings is 1. The van der Waals surface area contributed by atoms with Gasteiger partial charge < -0.3 is 4.74 Å². The second-order valence-electron chi connectivity index (χ2n) is 6.13. The van der Waals surface area contributed by atoms with Crippen molar-refractivity contribution in [3.63, 3.8) is 0 Å². The molecule has 0 saturated heterocycles. The van der Waals surface area contributed by atoms with Gasteiger partial charge in [0.15, 0.2) is 6.61 Å². The molecule has 3 heterocycles. The van der Waals surface area contributed by atoms with Gasteiger partial charge in [-0.05, 0) is 53.6 Å². The van der Waals surface area contributed by atoms with E-state index in [-0.39, 0.29) is 12.4 Å². The summed E-state index contributed by atoms with van der Waals surface area (Å²) in [5, 5.41) is 4.48. The number of rotatable bonds is 5. The van der Waals surface area contributed by atoms with Crippen molar-refractivity contribution in [2.45, 2.75) is 6.92 Å². The molecule has 0 unspecified atom stereocenters. The highest BCUT2D eigenvalue weighted by Crippen LogP contribution is 2.31. The zero-order valence-corrected chi connectivity index (χ0v) is 18.0. The molecule has 0 fully saturated rings. The van der Waals surface area contributed by atoms with E-state index in [0.29, 0.717) is 21.5 Å². The van der Waals surface area contributed by atoms with Crippen LogP contribution in [0.5, 0.6) is 0 Å². The fraction of sp³-hybridized carbons (Fsp3) is 0.0952. The predicted molar refractivity (Wildman–Crippen MR) is 116 cm³/mol. The Hall–Kier alpha value is -2.35. The van der Waals surface area contributed by atoms with Crippen molar-refractivity contribution < 1.29 is 14.3 Å². The molecular weight excluding hydrogens is 458 g/mol. The van der Waals surface area contributed by atoms with Crippen LogP contribution in [0.4, 0.5) is 0 Å². The zero-order chi connectivity index (χ0) is 19.7. The van der Waals surface area contributed by atoms with Gasteiger partial charge in [-0.25, -0.2) is 9.78 Å². The van der Waals surface area contributed by atoms with Crippen molar-refractivity contribution in [1.29, 1.82) is 0 Å². The molecule has 1 aromatic carbocycles. The number of hydrogen-bond acceptors (Lipinski definition) is 6. The Morgan fingerprint density at radius 3 is 2.61 bits per heavy atom. The molecule has 0 aliphatic heterocycles. The van der Waals surface area contributed by atoms with Crippen LogP contribution >= 0.6 is 38.6 Å². The second kappa shape index (κ2) is 7.95. The van der Waals surface area contributed by atoms with Gasteiger partial charge in [-0.1, -0.05) is 28.1 Å². The lowest BCUT2D eigenvalue weighted by Gasteiger charge is -2.11. The first-order chi connectivity index (χ1) is 13.5. The standard InChI is InChI=1S/C21H14BrNO3S2/c1-12-8-13(22)9-14-15(10-16(23-20(12)14)18-4-2-6-27-18)21(25)26-11-17(24)19-5-3-7-28-19/h2-10H,11H2,1H3. The van der Waals surface area contributed by atoms with Crippen molar-refractivity contribution in [3.8, 4) is 10.6 Å². The number of hydrogen-bond donors (Lipinski definition) is 0. The quantitative estimate of drug-likeness (QED) is 0.259. The summed E-state index contributed by atoms with van der Waals surface area (Å²) < 4.78 is 6.21. The lowest BCUT2D eigenvalue weighted by atomic mass is 10.0. The number of aromatic nitrogens is 1. The van der Waals surface area contributed by atoms with Gasteiger partial charge in [0.05, 0.1) is 26.5 Å². The SMILES string of the molecule is Cc1cc(Br)cc2c(C(=O)OCC(=O)c3cccs3)cc(-c3cccs3)nc12. The number of esters is 1. The van der Waals surface area contributed by atoms with Crippen molar-refractivity contribution in [2.75, 3.05) is 6.61 Å². The van der Waals surface area contributed by atoms with Crippen LogP contribution in [0.25, 0.3) is 21.5 Å². The predicted octanol–water partition coefficient (Wildman–Crippen LogP) is 6.14. The first-order valence-electron chi connectivity index (χ1n) is 8.41. The topological polar surface area (TPSA) is 56.3 Å². The van der Waals surface area contributed by atoms with Gasteiger partial charge in [-0.3, -0.25) is 4.79 Å². The van der Waals surface area contributed by atoms with E-state index in [1.165, 1.54) is 11.3 Å². The molecule has 7 heteroatoms. The molecule has 0 radical (unpaired) electrons. The average Bonchev–Trinajstić information content (AvgIpc) is 3.38. The maximum absolute atomic E-state index is 12.9. The normalized spacial score (nSPS) is 10.9. The number of halogens is 1. The maximum atomic E-state index is 12.9. The van der Waals surface area contributed by atoms with Gasteiger partial charge in [-0.15, -0.1) is 22.7 Å². The number of aryl methyl sites for hydroxylation is 1. The Morgan fingerprint density at radius 2 is 1.89 bits per heavy atom. The highest BCUT2D eigenvalue weighted by molar-refractivity contribution is 9.10. The fourth-order valence-corrected chi connectivity index (χ4v) is 4.80. The van der Waals surface area contributed by atoms with Gasteiger partial charge in [0, 0.05) is 9.86 Å². The van der Waals surface area contributed by atoms with Crippen LogP contribution < -0.4 is 0 Å². The first-order valence-corrected chi connectivity index (χ1v) is 11.0. The van der Waals surface area contributed by atoms with Crippen molar-refractivity contribution in [2.24, 2.45) is 0 Å². The van der Waals surface area contributed by atoms with Gasteiger partial charge in [-0.2, -0.15) is 0 Å². The van der Waals surface area contributed by atoms with Gasteiger partial charge in [0.25, 0.3) is 0 Å². The number of ether oxygens (including phenoxy) is 1. The summed E-state index contributed by atoms with van der Waals surface area (Å²) in [6, 6.07) is 13.0. The molecule has 0 aliphatic carbocycles. The fourth-order valence-electron chi connectivity index (χ4n) is 2.89. The molecule has 4 aromatic rings. The maximum Gasteiger partial charge on any atom is 0.339 e. The number of fused-ring (bicyclic) bond motifs is 1. The second-order valence-corrected chi connectivity index (χ2v) is 8.94. The summed E-state index contributed by atoms with van der Waals surface area (Å²) in [5.74, 6) is -0.745. The number of nitrogens with zero attached hydrogens (tertiary/aromatic N) is 1. The van der Waals surface area contributed by atoms with E-state index in [1.54, 1.807) is 29.5 Å². The molecule has 3 aromatic heterocycles. The van der Waals surface area contributed by atoms with Gasteiger partial charge in [0.1, 0.15) is 0 Å². The van der Waals surface area contributed by atoms with Crippen LogP contribution in [0.1, 0.15) is 25.6 Å². The lowest BCUT2D eigenvalue weighted by Crippen LogP contribution is -2.14. The summed E-state index contributed by atoms with van der Waals surface area (Å²) >= 11 is 6.37. The number of pyridine rings is 1. The molecule has 0 N–H and O–H groups in total. The molecule has 0 spiro atoms. The molecule has 0 saturated carbocycles. The Balaban J connectivity index is 1.73. The molecule has 0 atom stereocenters. The van der Waals surface area contributed by atoms with Crippen molar-refractivity contribution in [3.05, 3.63) is 73.7 Å². The summed E-state index contributed by atoms with van der Waals surface area (Å²) in [6.07, 6.45) is 0. The molecule has 0 aliphatic rings. The van der Waals surface area contributed by atoms with E-state index >= 15 is 0 Å². The van der Waals surface area contributed by atoms with Crippen LogP contribution in [0.2, 0.25) is 0 Å². The highest BCUT2D eigenvalue weighted by atomic mass is 79.9. The van der Waals surface area contributed by atoms with Crippen LogP contribution in [0.15, 0.2) is 57.7 Å². The van der Waals surface area contributed by atoms with Crippen LogP contribution in [-0.4, -0.2) is 23.3 Å². The molecule has 4 nitrogen and oxygen atoms in total. The van der Waals surface area contributed by atoms with E-state index in [9.17, 15) is 9.59 Å². The monoisotopic (exact) mass is 471 g/mol. The molecule has 0 bridgehead atoms. The van der Waals surface area contributed by atoms with E-state index in [2.05, 4.69) is 15.9 Å². The zero-order valence-electron chi connectivity index (χ0n) is 14.8. The number of Topliss-reactive ketones (excluding diaryl/α,β-unsaturated/α-hetero) is 1. The lowest BCUT2D eigenvalue weighted by molar-refractivity contribution is 0.0478. The number of carbonyl (C=O) groups is 2. The smallest absolute Gasteiger partial charge is 0.339 e. The molecule has 0 amide bonds. The van der Waals surface area contributed by atoms with Gasteiger partial charge in [0.2, 0.25) is 5.78 Å². The van der Waals surface area contributed by atoms with E-state index < -0.39 is 5.97 Å². The Labute approximate surface area is 177 Å². The third-order valence-corrected chi connectivity index (χ3v) is 6.45. The molecule has 28 heavy (non-hydrogen) atoms. The minimum absolute atomic E-state index is 0.211. The highest BCUT2D eigenvalue weighted by Gasteiger charge is 2.19. The number of thiophene rings is 2.